The van der Waals surface area contributed by atoms with E-state index >= 15 is 0 Å². The van der Waals surface area contributed by atoms with Gasteiger partial charge in [-0.05, 0) is 5.92 Å². The number of aromatic nitrogens is 2. The third-order valence-electron chi connectivity index (χ3n) is 2.45. The zero-order chi connectivity index (χ0) is 9.42. The molecule has 4 heteroatoms. The SMILES string of the molecule is CC(C)C1CCn2ncc(N)c2O1. The van der Waals surface area contributed by atoms with Gasteiger partial charge in [0.2, 0.25) is 5.88 Å². The Kier molecular flexibility index (Phi) is 1.90. The van der Waals surface area contributed by atoms with E-state index in [1.54, 1.807) is 6.20 Å². The number of fused-ring (bicyclic) bond motifs is 1. The second-order valence-electron chi connectivity index (χ2n) is 3.82. The molecule has 1 aliphatic rings. The maximum atomic E-state index is 5.74. The van der Waals surface area contributed by atoms with Crippen LogP contribution in [0, 0.1) is 5.92 Å². The van der Waals surface area contributed by atoms with Crippen LogP contribution in [0.1, 0.15) is 20.3 Å². The Balaban J connectivity index is 2.22. The molecule has 1 unspecified atom stereocenters. The van der Waals surface area contributed by atoms with Gasteiger partial charge in [0.05, 0.1) is 6.20 Å². The fourth-order valence-corrected chi connectivity index (χ4v) is 1.60. The highest BCUT2D eigenvalue weighted by atomic mass is 16.5. The molecule has 2 rings (SSSR count). The summed E-state index contributed by atoms with van der Waals surface area (Å²) in [4.78, 5) is 0. The second-order valence-corrected chi connectivity index (χ2v) is 3.82. The van der Waals surface area contributed by atoms with Crippen molar-refractivity contribution in [1.29, 1.82) is 0 Å². The van der Waals surface area contributed by atoms with Gasteiger partial charge in [-0.1, -0.05) is 13.8 Å². The maximum absolute atomic E-state index is 5.74. The van der Waals surface area contributed by atoms with Crippen molar-refractivity contribution in [2.45, 2.75) is 32.9 Å². The molecule has 1 aromatic rings. The van der Waals surface area contributed by atoms with Gasteiger partial charge < -0.3 is 10.5 Å². The van der Waals surface area contributed by atoms with Gasteiger partial charge in [0.1, 0.15) is 11.8 Å². The Labute approximate surface area is 77.7 Å². The Morgan fingerprint density at radius 3 is 3.15 bits per heavy atom. The highest BCUT2D eigenvalue weighted by molar-refractivity contribution is 5.46. The molecule has 4 nitrogen and oxygen atoms in total. The van der Waals surface area contributed by atoms with Crippen molar-refractivity contribution in [3.8, 4) is 5.88 Å². The molecule has 0 aliphatic carbocycles. The molecule has 0 aromatic carbocycles. The van der Waals surface area contributed by atoms with E-state index in [-0.39, 0.29) is 6.10 Å². The Morgan fingerprint density at radius 2 is 2.46 bits per heavy atom. The lowest BCUT2D eigenvalue weighted by molar-refractivity contribution is 0.0949. The molecular formula is C9H15N3O. The molecule has 0 spiro atoms. The number of rotatable bonds is 1. The van der Waals surface area contributed by atoms with Crippen LogP contribution in [-0.4, -0.2) is 15.9 Å². The first kappa shape index (κ1) is 8.41. The minimum atomic E-state index is 0.284. The van der Waals surface area contributed by atoms with Crippen LogP contribution in [0.5, 0.6) is 5.88 Å². The lowest BCUT2D eigenvalue weighted by Gasteiger charge is -2.27. The summed E-state index contributed by atoms with van der Waals surface area (Å²) in [5, 5.41) is 4.12. The van der Waals surface area contributed by atoms with E-state index in [2.05, 4.69) is 18.9 Å². The first-order valence-corrected chi connectivity index (χ1v) is 4.66. The summed E-state index contributed by atoms with van der Waals surface area (Å²) < 4.78 is 7.57. The summed E-state index contributed by atoms with van der Waals surface area (Å²) in [5.41, 5.74) is 6.36. The van der Waals surface area contributed by atoms with Crippen LogP contribution in [0.3, 0.4) is 0 Å². The van der Waals surface area contributed by atoms with Crippen LogP contribution >= 0.6 is 0 Å². The minimum Gasteiger partial charge on any atom is -0.473 e. The molecule has 0 fully saturated rings. The van der Waals surface area contributed by atoms with Gasteiger partial charge in [-0.15, -0.1) is 0 Å². The molecular weight excluding hydrogens is 166 g/mol. The lowest BCUT2D eigenvalue weighted by Crippen LogP contribution is -2.30. The van der Waals surface area contributed by atoms with Gasteiger partial charge in [0, 0.05) is 13.0 Å². The van der Waals surface area contributed by atoms with Crippen LogP contribution in [0.2, 0.25) is 0 Å². The molecule has 0 saturated carbocycles. The third kappa shape index (κ3) is 1.36. The van der Waals surface area contributed by atoms with Crippen LogP contribution in [0.15, 0.2) is 6.20 Å². The fraction of sp³-hybridized carbons (Fsp3) is 0.667. The molecule has 0 radical (unpaired) electrons. The van der Waals surface area contributed by atoms with Gasteiger partial charge in [0.15, 0.2) is 0 Å². The standard InChI is InChI=1S/C9H15N3O/c1-6(2)8-3-4-12-9(13-8)7(10)5-11-12/h5-6,8H,3-4,10H2,1-2H3. The number of hydrogen-bond acceptors (Lipinski definition) is 3. The van der Waals surface area contributed by atoms with Gasteiger partial charge in [-0.25, -0.2) is 4.68 Å². The number of nitrogens with two attached hydrogens (primary N) is 1. The molecule has 2 N–H and O–H groups in total. The van der Waals surface area contributed by atoms with Crippen LogP contribution in [-0.2, 0) is 6.54 Å². The van der Waals surface area contributed by atoms with E-state index in [0.29, 0.717) is 11.6 Å². The molecule has 1 aliphatic heterocycles. The van der Waals surface area contributed by atoms with E-state index in [1.807, 2.05) is 4.68 Å². The normalized spacial score (nSPS) is 21.3. The largest absolute Gasteiger partial charge is 0.473 e. The fourth-order valence-electron chi connectivity index (χ4n) is 1.60. The van der Waals surface area contributed by atoms with Crippen molar-refractivity contribution in [3.63, 3.8) is 0 Å². The summed E-state index contributed by atoms with van der Waals surface area (Å²) in [7, 11) is 0. The number of ether oxygens (including phenoxy) is 1. The molecule has 0 amide bonds. The van der Waals surface area contributed by atoms with Crippen molar-refractivity contribution in [2.24, 2.45) is 5.92 Å². The number of nitrogens with zero attached hydrogens (tertiary/aromatic N) is 2. The average Bonchev–Trinajstić information content (AvgIpc) is 2.47. The molecule has 13 heavy (non-hydrogen) atoms. The van der Waals surface area contributed by atoms with Crippen LogP contribution in [0.25, 0.3) is 0 Å². The lowest BCUT2D eigenvalue weighted by atomic mass is 10.0. The maximum Gasteiger partial charge on any atom is 0.236 e. The molecule has 1 atom stereocenters. The summed E-state index contributed by atoms with van der Waals surface area (Å²) in [6.45, 7) is 5.23. The monoisotopic (exact) mass is 181 g/mol. The number of aryl methyl sites for hydroxylation is 1. The molecule has 0 saturated heterocycles. The predicted octanol–water partition coefficient (Wildman–Crippen LogP) is 1.27. The zero-order valence-electron chi connectivity index (χ0n) is 8.03. The number of nitrogen functional groups attached to an aromatic ring is 1. The van der Waals surface area contributed by atoms with Crippen molar-refractivity contribution in [3.05, 3.63) is 6.20 Å². The third-order valence-corrected chi connectivity index (χ3v) is 2.45. The van der Waals surface area contributed by atoms with E-state index in [1.165, 1.54) is 0 Å². The summed E-state index contributed by atoms with van der Waals surface area (Å²) in [6, 6.07) is 0. The first-order chi connectivity index (χ1) is 6.18. The van der Waals surface area contributed by atoms with Crippen LogP contribution in [0.4, 0.5) is 5.69 Å². The Morgan fingerprint density at radius 1 is 1.69 bits per heavy atom. The highest BCUT2D eigenvalue weighted by Crippen LogP contribution is 2.29. The van der Waals surface area contributed by atoms with E-state index < -0.39 is 0 Å². The quantitative estimate of drug-likeness (QED) is 0.710. The minimum absolute atomic E-state index is 0.284. The van der Waals surface area contributed by atoms with E-state index in [0.717, 1.165) is 18.8 Å². The summed E-state index contributed by atoms with van der Waals surface area (Å²) in [6.07, 6.45) is 2.95. The van der Waals surface area contributed by atoms with Crippen molar-refractivity contribution < 1.29 is 4.74 Å². The van der Waals surface area contributed by atoms with E-state index in [4.69, 9.17) is 10.5 Å². The van der Waals surface area contributed by atoms with Crippen molar-refractivity contribution >= 4 is 5.69 Å². The average molecular weight is 181 g/mol. The Bertz CT molecular complexity index is 306. The van der Waals surface area contributed by atoms with Crippen molar-refractivity contribution in [2.75, 3.05) is 5.73 Å². The predicted molar refractivity (Wildman–Crippen MR) is 50.5 cm³/mol. The van der Waals surface area contributed by atoms with E-state index in [9.17, 15) is 0 Å². The molecule has 2 heterocycles. The first-order valence-electron chi connectivity index (χ1n) is 4.66. The van der Waals surface area contributed by atoms with Gasteiger partial charge in [0.25, 0.3) is 0 Å². The summed E-state index contributed by atoms with van der Waals surface area (Å²) in [5.74, 6) is 1.27. The van der Waals surface area contributed by atoms with Gasteiger partial charge in [-0.3, -0.25) is 0 Å². The smallest absolute Gasteiger partial charge is 0.236 e. The van der Waals surface area contributed by atoms with Gasteiger partial charge in [-0.2, -0.15) is 5.10 Å². The zero-order valence-corrected chi connectivity index (χ0v) is 8.03. The molecule has 0 bridgehead atoms. The highest BCUT2D eigenvalue weighted by Gasteiger charge is 2.24. The number of hydrogen-bond donors (Lipinski definition) is 1. The topological polar surface area (TPSA) is 53.1 Å². The van der Waals surface area contributed by atoms with Gasteiger partial charge >= 0.3 is 0 Å². The summed E-state index contributed by atoms with van der Waals surface area (Å²) >= 11 is 0. The van der Waals surface area contributed by atoms with Crippen molar-refractivity contribution in [1.82, 2.24) is 9.78 Å². The van der Waals surface area contributed by atoms with Crippen LogP contribution < -0.4 is 10.5 Å². The molecule has 1 aromatic heterocycles. The Hall–Kier alpha value is -1.19. The number of anilines is 1. The second kappa shape index (κ2) is 2.94. The molecule has 72 valence electrons.